The number of hydrogen-bond acceptors (Lipinski definition) is 7. The van der Waals surface area contributed by atoms with Gasteiger partial charge >= 0.3 is 0 Å². The quantitative estimate of drug-likeness (QED) is 0.639. The lowest BCUT2D eigenvalue weighted by molar-refractivity contribution is 0.174. The molecule has 98 valence electrons. The first-order chi connectivity index (χ1) is 9.26. The van der Waals surface area contributed by atoms with Gasteiger partial charge in [-0.05, 0) is 12.1 Å². The number of ether oxygens (including phenoxy) is 3. The monoisotopic (exact) mass is 264 g/mol. The molecule has 2 aromatic rings. The Morgan fingerprint density at radius 2 is 2.16 bits per heavy atom. The molecule has 0 amide bonds. The lowest BCUT2D eigenvalue weighted by Crippen LogP contribution is -2.11. The van der Waals surface area contributed by atoms with Crippen molar-refractivity contribution in [2.24, 2.45) is 5.84 Å². The summed E-state index contributed by atoms with van der Waals surface area (Å²) in [5.41, 5.74) is 2.21. The summed E-state index contributed by atoms with van der Waals surface area (Å²) < 4.78 is 29.2. The number of nitrogens with two attached hydrogens (primary N) is 1. The number of nitrogens with one attached hydrogen (secondary N) is 1. The van der Waals surface area contributed by atoms with E-state index in [1.165, 1.54) is 0 Å². The predicted molar refractivity (Wildman–Crippen MR) is 62.4 cm³/mol. The van der Waals surface area contributed by atoms with Gasteiger partial charge in [-0.25, -0.2) is 10.8 Å². The fourth-order valence-electron chi connectivity index (χ4n) is 1.54. The van der Waals surface area contributed by atoms with Crippen LogP contribution in [0.4, 0.5) is 10.3 Å². The zero-order chi connectivity index (χ0) is 13.2. The van der Waals surface area contributed by atoms with E-state index < -0.39 is 5.82 Å². The number of aromatic nitrogens is 2. The first kappa shape index (κ1) is 11.5. The minimum atomic E-state index is -0.698. The van der Waals surface area contributed by atoms with Gasteiger partial charge in [-0.15, -0.1) is 0 Å². The first-order valence-electron chi connectivity index (χ1n) is 5.33. The van der Waals surface area contributed by atoms with Crippen LogP contribution < -0.4 is 25.5 Å². The summed E-state index contributed by atoms with van der Waals surface area (Å²) in [5, 5.41) is 0. The van der Waals surface area contributed by atoms with Crippen molar-refractivity contribution in [1.82, 2.24) is 9.97 Å². The molecule has 0 saturated heterocycles. The molecule has 1 aliphatic heterocycles. The molecular weight excluding hydrogens is 255 g/mol. The molecule has 0 fully saturated rings. The number of nitrogen functional groups attached to an aromatic ring is 1. The van der Waals surface area contributed by atoms with Crippen LogP contribution in [-0.2, 0) is 0 Å². The second-order valence-corrected chi connectivity index (χ2v) is 3.61. The second-order valence-electron chi connectivity index (χ2n) is 3.61. The maximum absolute atomic E-state index is 13.5. The van der Waals surface area contributed by atoms with Crippen LogP contribution in [0.15, 0.2) is 24.4 Å². The lowest BCUT2D eigenvalue weighted by atomic mass is 10.3. The van der Waals surface area contributed by atoms with E-state index >= 15 is 0 Å². The Labute approximate surface area is 107 Å². The molecule has 8 heteroatoms. The first-order valence-corrected chi connectivity index (χ1v) is 5.33. The van der Waals surface area contributed by atoms with Gasteiger partial charge in [0, 0.05) is 6.07 Å². The van der Waals surface area contributed by atoms with Gasteiger partial charge in [0.05, 0.1) is 6.20 Å². The fourth-order valence-corrected chi connectivity index (χ4v) is 1.54. The number of nitrogens with zero attached hydrogens (tertiary/aromatic N) is 2. The Kier molecular flexibility index (Phi) is 2.76. The molecule has 0 saturated carbocycles. The largest absolute Gasteiger partial charge is 0.454 e. The Hall–Kier alpha value is -2.61. The molecule has 0 spiro atoms. The minimum Gasteiger partial charge on any atom is -0.454 e. The van der Waals surface area contributed by atoms with Crippen molar-refractivity contribution in [2.75, 3.05) is 12.2 Å². The van der Waals surface area contributed by atoms with Crippen molar-refractivity contribution in [3.63, 3.8) is 0 Å². The molecule has 1 aliphatic rings. The molecule has 19 heavy (non-hydrogen) atoms. The molecule has 0 atom stereocenters. The molecule has 1 aromatic carbocycles. The predicted octanol–water partition coefficient (Wildman–Crippen LogP) is 1.42. The van der Waals surface area contributed by atoms with Crippen molar-refractivity contribution in [3.8, 4) is 23.1 Å². The van der Waals surface area contributed by atoms with Crippen molar-refractivity contribution >= 4 is 5.95 Å². The van der Waals surface area contributed by atoms with E-state index in [4.69, 9.17) is 20.1 Å². The highest BCUT2D eigenvalue weighted by Gasteiger charge is 2.15. The number of rotatable bonds is 3. The van der Waals surface area contributed by atoms with E-state index in [1.807, 2.05) is 0 Å². The van der Waals surface area contributed by atoms with Crippen LogP contribution >= 0.6 is 0 Å². The van der Waals surface area contributed by atoms with Gasteiger partial charge in [-0.2, -0.15) is 9.37 Å². The Balaban J connectivity index is 1.88. The highest BCUT2D eigenvalue weighted by atomic mass is 19.1. The number of fused-ring (bicyclic) bond motifs is 1. The molecule has 3 rings (SSSR count). The van der Waals surface area contributed by atoms with Crippen molar-refractivity contribution in [2.45, 2.75) is 0 Å². The smallest absolute Gasteiger partial charge is 0.260 e. The minimum absolute atomic E-state index is 0.0529. The molecule has 0 radical (unpaired) electrons. The summed E-state index contributed by atoms with van der Waals surface area (Å²) in [7, 11) is 0. The van der Waals surface area contributed by atoms with Gasteiger partial charge in [0.15, 0.2) is 11.5 Å². The average molecular weight is 264 g/mol. The van der Waals surface area contributed by atoms with Gasteiger partial charge in [-0.1, -0.05) is 0 Å². The summed E-state index contributed by atoms with van der Waals surface area (Å²) >= 11 is 0. The van der Waals surface area contributed by atoms with Crippen LogP contribution in [0.5, 0.6) is 23.1 Å². The van der Waals surface area contributed by atoms with Crippen molar-refractivity contribution < 1.29 is 18.6 Å². The lowest BCUT2D eigenvalue weighted by Gasteiger charge is -2.07. The van der Waals surface area contributed by atoms with Gasteiger partial charge in [-0.3, -0.25) is 5.43 Å². The van der Waals surface area contributed by atoms with E-state index in [9.17, 15) is 4.39 Å². The Morgan fingerprint density at radius 3 is 3.00 bits per heavy atom. The molecule has 0 bridgehead atoms. The van der Waals surface area contributed by atoms with Gasteiger partial charge in [0.1, 0.15) is 5.75 Å². The van der Waals surface area contributed by atoms with E-state index in [-0.39, 0.29) is 18.6 Å². The third-order valence-corrected chi connectivity index (χ3v) is 2.40. The summed E-state index contributed by atoms with van der Waals surface area (Å²) in [6, 6.07) is 4.86. The fraction of sp³-hybridized carbons (Fsp3) is 0.0909. The topological polar surface area (TPSA) is 91.5 Å². The number of benzene rings is 1. The highest BCUT2D eigenvalue weighted by molar-refractivity contribution is 5.47. The van der Waals surface area contributed by atoms with E-state index in [2.05, 4.69) is 15.4 Å². The SMILES string of the molecule is NNc1ncc(F)c(Oc2ccc3c(c2)OCO3)n1. The summed E-state index contributed by atoms with van der Waals surface area (Å²) in [5.74, 6) is 5.78. The Bertz CT molecular complexity index is 623. The molecule has 0 aliphatic carbocycles. The van der Waals surface area contributed by atoms with Gasteiger partial charge < -0.3 is 14.2 Å². The third kappa shape index (κ3) is 2.20. The number of hydrogen-bond donors (Lipinski definition) is 2. The second kappa shape index (κ2) is 4.58. The van der Waals surface area contributed by atoms with Crippen LogP contribution in [0.2, 0.25) is 0 Å². The number of anilines is 1. The van der Waals surface area contributed by atoms with E-state index in [0.717, 1.165) is 6.20 Å². The molecule has 0 unspecified atom stereocenters. The highest BCUT2D eigenvalue weighted by Crippen LogP contribution is 2.36. The van der Waals surface area contributed by atoms with Crippen LogP contribution in [0, 0.1) is 5.82 Å². The standard InChI is InChI=1S/C11H9FN4O3/c12-7-4-14-11(16-13)15-10(7)19-6-1-2-8-9(3-6)18-5-17-8/h1-4H,5,13H2,(H,14,15,16). The number of halogens is 1. The van der Waals surface area contributed by atoms with Crippen LogP contribution in [0.3, 0.4) is 0 Å². The van der Waals surface area contributed by atoms with E-state index in [1.54, 1.807) is 18.2 Å². The van der Waals surface area contributed by atoms with Gasteiger partial charge in [0.25, 0.3) is 5.88 Å². The van der Waals surface area contributed by atoms with Crippen molar-refractivity contribution in [1.29, 1.82) is 0 Å². The summed E-state index contributed by atoms with van der Waals surface area (Å²) in [6.07, 6.45) is 0.963. The van der Waals surface area contributed by atoms with Crippen LogP contribution in [-0.4, -0.2) is 16.8 Å². The van der Waals surface area contributed by atoms with Gasteiger partial charge in [0.2, 0.25) is 18.6 Å². The average Bonchev–Trinajstić information content (AvgIpc) is 2.89. The molecule has 7 nitrogen and oxygen atoms in total. The molecular formula is C11H9FN4O3. The number of hydrazine groups is 1. The van der Waals surface area contributed by atoms with Crippen LogP contribution in [0.25, 0.3) is 0 Å². The van der Waals surface area contributed by atoms with Crippen molar-refractivity contribution in [3.05, 3.63) is 30.2 Å². The maximum atomic E-state index is 13.5. The zero-order valence-corrected chi connectivity index (χ0v) is 9.59. The maximum Gasteiger partial charge on any atom is 0.260 e. The molecule has 2 heterocycles. The van der Waals surface area contributed by atoms with Crippen LogP contribution in [0.1, 0.15) is 0 Å². The summed E-state index contributed by atoms with van der Waals surface area (Å²) in [4.78, 5) is 7.37. The molecule has 3 N–H and O–H groups in total. The zero-order valence-electron chi connectivity index (χ0n) is 9.59. The Morgan fingerprint density at radius 1 is 1.32 bits per heavy atom. The normalized spacial score (nSPS) is 12.3. The van der Waals surface area contributed by atoms with E-state index in [0.29, 0.717) is 17.2 Å². The summed E-state index contributed by atoms with van der Waals surface area (Å²) in [6.45, 7) is 0.155. The third-order valence-electron chi connectivity index (χ3n) is 2.40. The molecule has 1 aromatic heterocycles.